The van der Waals surface area contributed by atoms with Gasteiger partial charge in [-0.2, -0.15) is 0 Å². The summed E-state index contributed by atoms with van der Waals surface area (Å²) in [6.07, 6.45) is 1.23. The van der Waals surface area contributed by atoms with Crippen molar-refractivity contribution < 1.29 is 4.79 Å². The van der Waals surface area contributed by atoms with Crippen molar-refractivity contribution in [1.29, 1.82) is 0 Å². The molecular weight excluding hydrogens is 336 g/mol. The topological polar surface area (TPSA) is 86.0 Å². The molecule has 3 heterocycles. The molecule has 0 radical (unpaired) electrons. The van der Waals surface area contributed by atoms with E-state index in [1.807, 2.05) is 22.9 Å². The van der Waals surface area contributed by atoms with Crippen LogP contribution in [0.15, 0.2) is 38.7 Å². The van der Waals surface area contributed by atoms with Gasteiger partial charge in [-0.3, -0.25) is 19.5 Å². The van der Waals surface area contributed by atoms with Crippen molar-refractivity contribution in [3.05, 3.63) is 55.5 Å². The Morgan fingerprint density at radius 1 is 1.26 bits per heavy atom. The molecule has 0 aromatic carbocycles. The van der Waals surface area contributed by atoms with Crippen molar-refractivity contribution in [2.24, 2.45) is 14.1 Å². The Morgan fingerprint density at radius 3 is 2.74 bits per heavy atom. The van der Waals surface area contributed by atoms with Crippen molar-refractivity contribution in [2.75, 3.05) is 5.32 Å². The van der Waals surface area contributed by atoms with Crippen LogP contribution in [0.2, 0.25) is 0 Å². The third-order valence-corrected chi connectivity index (χ3v) is 4.84. The molecule has 118 valence electrons. The van der Waals surface area contributed by atoms with Gasteiger partial charge in [-0.1, -0.05) is 6.07 Å². The highest BCUT2D eigenvalue weighted by molar-refractivity contribution is 7.16. The van der Waals surface area contributed by atoms with Gasteiger partial charge in [0.1, 0.15) is 5.56 Å². The molecule has 9 heteroatoms. The Morgan fingerprint density at radius 2 is 2.04 bits per heavy atom. The zero-order valence-electron chi connectivity index (χ0n) is 12.3. The first kappa shape index (κ1) is 15.4. The number of thiazole rings is 1. The highest BCUT2D eigenvalue weighted by Gasteiger charge is 2.16. The number of anilines is 1. The summed E-state index contributed by atoms with van der Waals surface area (Å²) >= 11 is 2.83. The van der Waals surface area contributed by atoms with E-state index >= 15 is 0 Å². The molecule has 0 aliphatic carbocycles. The van der Waals surface area contributed by atoms with E-state index in [0.717, 1.165) is 15.1 Å². The molecule has 0 saturated heterocycles. The summed E-state index contributed by atoms with van der Waals surface area (Å²) in [5.41, 5.74) is -0.461. The van der Waals surface area contributed by atoms with Gasteiger partial charge in [0.05, 0.1) is 10.6 Å². The second-order valence-corrected chi connectivity index (χ2v) is 6.58. The molecule has 0 saturated carbocycles. The van der Waals surface area contributed by atoms with Crippen LogP contribution in [0, 0.1) is 0 Å². The van der Waals surface area contributed by atoms with Crippen LogP contribution in [-0.4, -0.2) is 20.0 Å². The molecule has 23 heavy (non-hydrogen) atoms. The third kappa shape index (κ3) is 2.88. The lowest BCUT2D eigenvalue weighted by Crippen LogP contribution is -2.40. The summed E-state index contributed by atoms with van der Waals surface area (Å²) in [6, 6.07) is 3.86. The maximum Gasteiger partial charge on any atom is 0.330 e. The molecule has 0 spiro atoms. The van der Waals surface area contributed by atoms with Crippen LogP contribution in [0.5, 0.6) is 0 Å². The van der Waals surface area contributed by atoms with E-state index in [0.29, 0.717) is 5.13 Å². The fourth-order valence-corrected chi connectivity index (χ4v) is 3.46. The van der Waals surface area contributed by atoms with E-state index in [1.165, 1.54) is 36.2 Å². The molecule has 3 aromatic heterocycles. The van der Waals surface area contributed by atoms with Crippen molar-refractivity contribution in [3.63, 3.8) is 0 Å². The fourth-order valence-electron chi connectivity index (χ4n) is 2.00. The van der Waals surface area contributed by atoms with E-state index in [4.69, 9.17) is 0 Å². The SMILES string of the molecule is Cn1cc(C(=O)Nc2nc(-c3cccs3)cs2)c(=O)n(C)c1=O. The largest absolute Gasteiger partial charge is 0.330 e. The average molecular weight is 348 g/mol. The Balaban J connectivity index is 1.89. The number of rotatable bonds is 3. The lowest BCUT2D eigenvalue weighted by atomic mass is 10.3. The second-order valence-electron chi connectivity index (χ2n) is 4.77. The predicted octanol–water partition coefficient (Wildman–Crippen LogP) is 1.52. The molecule has 3 rings (SSSR count). The molecule has 0 aliphatic heterocycles. The predicted molar refractivity (Wildman–Crippen MR) is 90.3 cm³/mol. The van der Waals surface area contributed by atoms with Crippen LogP contribution < -0.4 is 16.6 Å². The van der Waals surface area contributed by atoms with Gasteiger partial charge in [0.25, 0.3) is 11.5 Å². The van der Waals surface area contributed by atoms with Crippen LogP contribution in [-0.2, 0) is 14.1 Å². The summed E-state index contributed by atoms with van der Waals surface area (Å²) in [6.45, 7) is 0. The number of aromatic nitrogens is 3. The number of nitrogens with one attached hydrogen (secondary N) is 1. The van der Waals surface area contributed by atoms with E-state index in [9.17, 15) is 14.4 Å². The molecule has 1 amide bonds. The van der Waals surface area contributed by atoms with Crippen molar-refractivity contribution >= 4 is 33.7 Å². The molecule has 0 fully saturated rings. The summed E-state index contributed by atoms with van der Waals surface area (Å²) in [4.78, 5) is 41.3. The first-order valence-corrected chi connectivity index (χ1v) is 8.30. The van der Waals surface area contributed by atoms with E-state index < -0.39 is 17.2 Å². The number of hydrogen-bond donors (Lipinski definition) is 1. The van der Waals surface area contributed by atoms with Crippen LogP contribution in [0.25, 0.3) is 10.6 Å². The number of hydrogen-bond acceptors (Lipinski definition) is 6. The number of aryl methyl sites for hydroxylation is 1. The van der Waals surface area contributed by atoms with Crippen molar-refractivity contribution in [1.82, 2.24) is 14.1 Å². The molecule has 0 aliphatic rings. The standard InChI is InChI=1S/C14H12N4O3S2/c1-17-6-8(12(20)18(2)14(17)21)11(19)16-13-15-9(7-23-13)10-4-3-5-22-10/h3-7H,1-2H3,(H,15,16,19). The van der Waals surface area contributed by atoms with Gasteiger partial charge >= 0.3 is 5.69 Å². The number of amides is 1. The quantitative estimate of drug-likeness (QED) is 0.777. The summed E-state index contributed by atoms with van der Waals surface area (Å²) in [5, 5.41) is 6.78. The highest BCUT2D eigenvalue weighted by atomic mass is 32.1. The Kier molecular flexibility index (Phi) is 3.97. The molecule has 3 aromatic rings. The number of thiophene rings is 1. The van der Waals surface area contributed by atoms with Crippen LogP contribution >= 0.6 is 22.7 Å². The van der Waals surface area contributed by atoms with Crippen molar-refractivity contribution in [2.45, 2.75) is 0 Å². The van der Waals surface area contributed by atoms with E-state index in [-0.39, 0.29) is 5.56 Å². The van der Waals surface area contributed by atoms with E-state index in [2.05, 4.69) is 10.3 Å². The van der Waals surface area contributed by atoms with Gasteiger partial charge < -0.3 is 4.57 Å². The van der Waals surface area contributed by atoms with Crippen molar-refractivity contribution in [3.8, 4) is 10.6 Å². The van der Waals surface area contributed by atoms with Gasteiger partial charge in [0.2, 0.25) is 0 Å². The van der Waals surface area contributed by atoms with Crippen LogP contribution in [0.4, 0.5) is 5.13 Å². The van der Waals surface area contributed by atoms with Gasteiger partial charge in [0, 0.05) is 25.7 Å². The monoisotopic (exact) mass is 348 g/mol. The minimum absolute atomic E-state index is 0.109. The van der Waals surface area contributed by atoms with E-state index in [1.54, 1.807) is 11.3 Å². The Labute approximate surface area is 138 Å². The molecule has 0 bridgehead atoms. The fraction of sp³-hybridized carbons (Fsp3) is 0.143. The maximum atomic E-state index is 12.3. The Hall–Kier alpha value is -2.52. The minimum atomic E-state index is -0.638. The normalized spacial score (nSPS) is 10.7. The molecule has 0 unspecified atom stereocenters. The zero-order valence-corrected chi connectivity index (χ0v) is 13.9. The lowest BCUT2D eigenvalue weighted by molar-refractivity contribution is 0.102. The minimum Gasteiger partial charge on any atom is -0.303 e. The summed E-state index contributed by atoms with van der Waals surface area (Å²) in [7, 11) is 2.82. The maximum absolute atomic E-state index is 12.3. The van der Waals surface area contributed by atoms with Gasteiger partial charge in [-0.05, 0) is 11.4 Å². The third-order valence-electron chi connectivity index (χ3n) is 3.19. The summed E-state index contributed by atoms with van der Waals surface area (Å²) in [5.74, 6) is -0.590. The van der Waals surface area contributed by atoms with Gasteiger partial charge in [-0.15, -0.1) is 22.7 Å². The molecule has 7 nitrogen and oxygen atoms in total. The lowest BCUT2D eigenvalue weighted by Gasteiger charge is -2.06. The molecular formula is C14H12N4O3S2. The van der Waals surface area contributed by atoms with Gasteiger partial charge in [-0.25, -0.2) is 9.78 Å². The van der Waals surface area contributed by atoms with Crippen LogP contribution in [0.1, 0.15) is 10.4 Å². The van der Waals surface area contributed by atoms with Gasteiger partial charge in [0.15, 0.2) is 5.13 Å². The van der Waals surface area contributed by atoms with Crippen LogP contribution in [0.3, 0.4) is 0 Å². The molecule has 0 atom stereocenters. The first-order chi connectivity index (χ1) is 11.0. The summed E-state index contributed by atoms with van der Waals surface area (Å²) < 4.78 is 2.09. The molecule has 1 N–H and O–H groups in total. The number of carbonyl (C=O) groups excluding carboxylic acids is 1. The average Bonchev–Trinajstić information content (AvgIpc) is 3.19. The first-order valence-electron chi connectivity index (χ1n) is 6.55. The zero-order chi connectivity index (χ0) is 16.6. The Bertz CT molecular complexity index is 982. The second kappa shape index (κ2) is 5.94. The highest BCUT2D eigenvalue weighted by Crippen LogP contribution is 2.28. The number of nitrogens with zero attached hydrogens (tertiary/aromatic N) is 3. The number of carbonyl (C=O) groups is 1. The smallest absolute Gasteiger partial charge is 0.303 e.